The zero-order valence-corrected chi connectivity index (χ0v) is 14.5. The number of aromatic nitrogens is 2. The van der Waals surface area contributed by atoms with Gasteiger partial charge >= 0.3 is 6.01 Å². The summed E-state index contributed by atoms with van der Waals surface area (Å²) in [6.45, 7) is 3.41. The molecule has 126 valence electrons. The molecule has 1 amide bonds. The van der Waals surface area contributed by atoms with E-state index in [-0.39, 0.29) is 12.0 Å². The van der Waals surface area contributed by atoms with Crippen molar-refractivity contribution in [2.24, 2.45) is 0 Å². The molecule has 5 nitrogen and oxygen atoms in total. The maximum atomic E-state index is 12.3. The topological polar surface area (TPSA) is 55.3 Å². The summed E-state index contributed by atoms with van der Waals surface area (Å²) in [5.41, 5.74) is 1.08. The van der Waals surface area contributed by atoms with Gasteiger partial charge in [-0.25, -0.2) is 9.97 Å². The van der Waals surface area contributed by atoms with Gasteiger partial charge in [0, 0.05) is 29.9 Å². The molecule has 2 aromatic rings. The van der Waals surface area contributed by atoms with Crippen LogP contribution in [0, 0.1) is 0 Å². The summed E-state index contributed by atoms with van der Waals surface area (Å²) in [6.07, 6.45) is 9.78. The first kappa shape index (κ1) is 16.6. The van der Waals surface area contributed by atoms with Gasteiger partial charge in [-0.05, 0) is 42.3 Å². The van der Waals surface area contributed by atoms with Gasteiger partial charge in [0.05, 0.1) is 6.54 Å². The van der Waals surface area contributed by atoms with Gasteiger partial charge in [-0.3, -0.25) is 4.79 Å². The van der Waals surface area contributed by atoms with E-state index >= 15 is 0 Å². The van der Waals surface area contributed by atoms with Gasteiger partial charge in [0.15, 0.2) is 0 Å². The van der Waals surface area contributed by atoms with Crippen LogP contribution in [0.25, 0.3) is 6.08 Å². The van der Waals surface area contributed by atoms with E-state index in [1.807, 2.05) is 28.5 Å². The summed E-state index contributed by atoms with van der Waals surface area (Å²) < 4.78 is 5.85. The van der Waals surface area contributed by atoms with E-state index in [0.29, 0.717) is 12.6 Å². The first-order chi connectivity index (χ1) is 11.7. The number of carbonyl (C=O) groups excluding carboxylic acids is 1. The van der Waals surface area contributed by atoms with E-state index in [9.17, 15) is 4.79 Å². The number of hydrogen-bond acceptors (Lipinski definition) is 5. The van der Waals surface area contributed by atoms with Gasteiger partial charge in [-0.2, -0.15) is 0 Å². The molecule has 0 aromatic carbocycles. The van der Waals surface area contributed by atoms with Crippen LogP contribution in [0.2, 0.25) is 0 Å². The molecule has 1 unspecified atom stereocenters. The van der Waals surface area contributed by atoms with Gasteiger partial charge in [0.25, 0.3) is 0 Å². The fraction of sp³-hybridized carbons (Fsp3) is 0.389. The van der Waals surface area contributed by atoms with Gasteiger partial charge in [-0.15, -0.1) is 11.3 Å². The fourth-order valence-corrected chi connectivity index (χ4v) is 3.23. The molecular formula is C18H21N3O2S. The largest absolute Gasteiger partial charge is 0.458 e. The lowest BCUT2D eigenvalue weighted by atomic mass is 10.1. The maximum absolute atomic E-state index is 12.3. The second-order valence-corrected chi connectivity index (χ2v) is 6.72. The molecule has 1 aliphatic heterocycles. The summed E-state index contributed by atoms with van der Waals surface area (Å²) in [7, 11) is 0. The number of nitrogens with zero attached hydrogens (tertiary/aromatic N) is 3. The number of rotatable bonds is 5. The van der Waals surface area contributed by atoms with Crippen LogP contribution in [0.5, 0.6) is 6.01 Å². The van der Waals surface area contributed by atoms with Gasteiger partial charge in [-0.1, -0.05) is 13.0 Å². The first-order valence-corrected chi connectivity index (χ1v) is 9.10. The Morgan fingerprint density at radius 3 is 3.00 bits per heavy atom. The van der Waals surface area contributed by atoms with Crippen LogP contribution in [0.3, 0.4) is 0 Å². The molecule has 0 bridgehead atoms. The Kier molecular flexibility index (Phi) is 5.59. The molecule has 3 heterocycles. The van der Waals surface area contributed by atoms with E-state index in [0.717, 1.165) is 36.2 Å². The number of likely N-dealkylation sites (tertiary alicyclic amines) is 1. The smallest absolute Gasteiger partial charge is 0.316 e. The number of aryl methyl sites for hydroxylation is 1. The molecule has 0 spiro atoms. The lowest BCUT2D eigenvalue weighted by molar-refractivity contribution is -0.128. The average Bonchev–Trinajstić information content (AvgIpc) is 3.14. The first-order valence-electron chi connectivity index (χ1n) is 8.22. The van der Waals surface area contributed by atoms with E-state index in [1.165, 1.54) is 0 Å². The maximum Gasteiger partial charge on any atom is 0.316 e. The number of hydrogen-bond donors (Lipinski definition) is 0. The molecule has 6 heteroatoms. The van der Waals surface area contributed by atoms with Gasteiger partial charge in [0.2, 0.25) is 5.91 Å². The molecule has 0 N–H and O–H groups in total. The minimum Gasteiger partial charge on any atom is -0.458 e. The van der Waals surface area contributed by atoms with Crippen molar-refractivity contribution < 1.29 is 9.53 Å². The van der Waals surface area contributed by atoms with Crippen LogP contribution in [0.4, 0.5) is 0 Å². The van der Waals surface area contributed by atoms with Crippen molar-refractivity contribution in [2.45, 2.75) is 32.3 Å². The molecule has 1 atom stereocenters. The van der Waals surface area contributed by atoms with Crippen LogP contribution in [-0.4, -0.2) is 40.0 Å². The number of amides is 1. The Balaban J connectivity index is 1.56. The van der Waals surface area contributed by atoms with Crippen LogP contribution in [-0.2, 0) is 11.2 Å². The Morgan fingerprint density at radius 2 is 2.29 bits per heavy atom. The van der Waals surface area contributed by atoms with Crippen LogP contribution in [0.1, 0.15) is 30.2 Å². The highest BCUT2D eigenvalue weighted by Crippen LogP contribution is 2.17. The van der Waals surface area contributed by atoms with Gasteiger partial charge in [0.1, 0.15) is 6.10 Å². The monoisotopic (exact) mass is 343 g/mol. The third kappa shape index (κ3) is 4.41. The normalized spacial score (nSPS) is 18.0. The number of ether oxygens (including phenoxy) is 1. The predicted molar refractivity (Wildman–Crippen MR) is 95.0 cm³/mol. The lowest BCUT2D eigenvalue weighted by Gasteiger charge is -2.31. The van der Waals surface area contributed by atoms with Crippen molar-refractivity contribution in [3.05, 3.63) is 46.4 Å². The molecule has 1 fully saturated rings. The van der Waals surface area contributed by atoms with Crippen LogP contribution in [0.15, 0.2) is 36.0 Å². The summed E-state index contributed by atoms with van der Waals surface area (Å²) in [4.78, 5) is 23.7. The molecule has 2 aromatic heterocycles. The van der Waals surface area contributed by atoms with Crippen molar-refractivity contribution in [2.75, 3.05) is 13.1 Å². The molecule has 1 aliphatic rings. The molecule has 0 radical (unpaired) electrons. The Labute approximate surface area is 146 Å². The molecule has 1 saturated heterocycles. The Bertz CT molecular complexity index is 683. The second kappa shape index (κ2) is 8.06. The van der Waals surface area contributed by atoms with Crippen molar-refractivity contribution in [1.82, 2.24) is 14.9 Å². The predicted octanol–water partition coefficient (Wildman–Crippen LogP) is 3.18. The Hall–Kier alpha value is -2.21. The minimum absolute atomic E-state index is 0.0268. The molecule has 3 rings (SSSR count). The average molecular weight is 343 g/mol. The summed E-state index contributed by atoms with van der Waals surface area (Å²) in [6, 6.07) is 4.36. The Morgan fingerprint density at radius 1 is 1.46 bits per heavy atom. The van der Waals surface area contributed by atoms with Crippen molar-refractivity contribution >= 4 is 23.3 Å². The third-order valence-corrected chi connectivity index (χ3v) is 4.82. The molecule has 0 aliphatic carbocycles. The van der Waals surface area contributed by atoms with Crippen molar-refractivity contribution in [1.29, 1.82) is 0 Å². The van der Waals surface area contributed by atoms with E-state index in [1.54, 1.807) is 29.8 Å². The van der Waals surface area contributed by atoms with E-state index < -0.39 is 0 Å². The number of piperidine rings is 1. The van der Waals surface area contributed by atoms with E-state index in [4.69, 9.17) is 4.74 Å². The highest BCUT2D eigenvalue weighted by Gasteiger charge is 2.24. The zero-order valence-electron chi connectivity index (χ0n) is 13.7. The summed E-state index contributed by atoms with van der Waals surface area (Å²) >= 11 is 1.62. The number of carbonyl (C=O) groups is 1. The van der Waals surface area contributed by atoms with Crippen molar-refractivity contribution in [3.8, 4) is 6.01 Å². The molecule has 24 heavy (non-hydrogen) atoms. The minimum atomic E-state index is -0.0506. The fourth-order valence-electron chi connectivity index (χ4n) is 2.61. The molecule has 0 saturated carbocycles. The van der Waals surface area contributed by atoms with Crippen molar-refractivity contribution in [3.63, 3.8) is 0 Å². The zero-order chi connectivity index (χ0) is 16.8. The van der Waals surface area contributed by atoms with Gasteiger partial charge < -0.3 is 9.64 Å². The second-order valence-electron chi connectivity index (χ2n) is 5.74. The highest BCUT2D eigenvalue weighted by molar-refractivity contribution is 7.10. The SMILES string of the molecule is CCc1cnc(OC2CCCN(C(=O)/C=C/c3cccs3)C2)nc1. The van der Waals surface area contributed by atoms with E-state index in [2.05, 4.69) is 16.9 Å². The highest BCUT2D eigenvalue weighted by atomic mass is 32.1. The quantitative estimate of drug-likeness (QED) is 0.783. The summed E-state index contributed by atoms with van der Waals surface area (Å²) in [5, 5.41) is 2.00. The summed E-state index contributed by atoms with van der Waals surface area (Å²) in [5.74, 6) is 0.0268. The van der Waals surface area contributed by atoms with Crippen LogP contribution >= 0.6 is 11.3 Å². The van der Waals surface area contributed by atoms with Crippen LogP contribution < -0.4 is 4.74 Å². The standard InChI is InChI=1S/C18H21N3O2S/c1-2-14-11-19-18(20-12-14)23-15-5-3-9-21(13-15)17(22)8-7-16-6-4-10-24-16/h4,6-8,10-12,15H,2-3,5,9,13H2,1H3/b8-7+. The number of thiophene rings is 1. The molecular weight excluding hydrogens is 322 g/mol. The lowest BCUT2D eigenvalue weighted by Crippen LogP contribution is -2.43. The third-order valence-electron chi connectivity index (χ3n) is 3.99.